The minimum atomic E-state index is -1.23. The first-order chi connectivity index (χ1) is 15.9. The molecule has 2 aliphatic heterocycles. The summed E-state index contributed by atoms with van der Waals surface area (Å²) in [6, 6.07) is 7.45. The normalized spacial score (nSPS) is 20.5. The number of β-lactam (4-membered cyclic amide) rings is 1. The van der Waals surface area contributed by atoms with Crippen LogP contribution in [0.4, 0.5) is 0 Å². The third-order valence-corrected chi connectivity index (χ3v) is 7.47. The van der Waals surface area contributed by atoms with Crippen LogP contribution in [0.15, 0.2) is 46.8 Å². The Hall–Kier alpha value is -3.39. The number of carbonyl (C=O) groups excluding carboxylic acids is 3. The minimum Gasteiger partial charge on any atom is -0.477 e. The minimum absolute atomic E-state index is 0.0966. The molecule has 0 aliphatic carbocycles. The molecule has 172 valence electrons. The number of carboxylic acids is 1. The van der Waals surface area contributed by atoms with Crippen LogP contribution in [0.25, 0.3) is 0 Å². The van der Waals surface area contributed by atoms with E-state index in [1.54, 1.807) is 37.4 Å². The van der Waals surface area contributed by atoms with Crippen molar-refractivity contribution >= 4 is 47.8 Å². The predicted octanol–water partition coefficient (Wildman–Crippen LogP) is -0.0449. The van der Waals surface area contributed by atoms with E-state index in [0.717, 1.165) is 0 Å². The number of benzene rings is 1. The van der Waals surface area contributed by atoms with Gasteiger partial charge in [-0.2, -0.15) is 0 Å². The van der Waals surface area contributed by atoms with Crippen molar-refractivity contribution in [2.24, 2.45) is 7.05 Å². The number of nitrogens with one attached hydrogen (secondary N) is 1. The van der Waals surface area contributed by atoms with Crippen LogP contribution in [-0.4, -0.2) is 77.4 Å². The van der Waals surface area contributed by atoms with Gasteiger partial charge in [-0.15, -0.1) is 16.9 Å². The Morgan fingerprint density at radius 2 is 2.15 bits per heavy atom. The van der Waals surface area contributed by atoms with Gasteiger partial charge >= 0.3 is 5.97 Å². The number of carbonyl (C=O) groups is 4. The zero-order chi connectivity index (χ0) is 23.5. The van der Waals surface area contributed by atoms with E-state index in [2.05, 4.69) is 20.8 Å². The number of aliphatic carboxylic acids is 1. The largest absolute Gasteiger partial charge is 0.477 e. The van der Waals surface area contributed by atoms with Gasteiger partial charge in [-0.1, -0.05) is 42.1 Å². The van der Waals surface area contributed by atoms with E-state index < -0.39 is 35.3 Å². The van der Waals surface area contributed by atoms with Gasteiger partial charge in [-0.05, 0) is 16.0 Å². The second-order valence-electron chi connectivity index (χ2n) is 7.05. The van der Waals surface area contributed by atoms with Gasteiger partial charge in [-0.25, -0.2) is 9.48 Å². The summed E-state index contributed by atoms with van der Waals surface area (Å²) < 4.78 is 6.40. The molecule has 0 radical (unpaired) electrons. The molecule has 2 aliphatic rings. The maximum Gasteiger partial charge on any atom is 0.352 e. The van der Waals surface area contributed by atoms with Crippen LogP contribution in [0.5, 0.6) is 0 Å². The Kier molecular flexibility index (Phi) is 6.65. The molecule has 2 aromatic rings. The number of tetrazole rings is 1. The Balaban J connectivity index is 1.48. The molecule has 3 atom stereocenters. The van der Waals surface area contributed by atoms with Crippen LogP contribution in [-0.2, 0) is 31.0 Å². The number of amides is 2. The van der Waals surface area contributed by atoms with Gasteiger partial charge in [0.15, 0.2) is 0 Å². The fourth-order valence-electron chi connectivity index (χ4n) is 3.49. The van der Waals surface area contributed by atoms with Crippen LogP contribution in [0.3, 0.4) is 0 Å². The lowest BCUT2D eigenvalue weighted by atomic mass is 10.0. The number of hydrogen-bond acceptors (Lipinski definition) is 10. The lowest BCUT2D eigenvalue weighted by Gasteiger charge is -2.49. The summed E-state index contributed by atoms with van der Waals surface area (Å²) in [5.41, 5.74) is 0.910. The first-order valence-corrected chi connectivity index (χ1v) is 11.7. The van der Waals surface area contributed by atoms with Gasteiger partial charge in [0.25, 0.3) is 18.3 Å². The second kappa shape index (κ2) is 9.62. The molecule has 2 N–H and O–H groups in total. The van der Waals surface area contributed by atoms with Crippen molar-refractivity contribution in [3.05, 3.63) is 47.2 Å². The molecule has 33 heavy (non-hydrogen) atoms. The second-order valence-corrected chi connectivity index (χ2v) is 9.10. The SMILES string of the molecule is Cn1nnnc1SCC1=C(C(=O)O)N2C(=O)C(NC(=O)[C@H](OC=O)c3ccccc3)[C@H]2SC1. The molecule has 4 rings (SSSR count). The summed E-state index contributed by atoms with van der Waals surface area (Å²) in [6.07, 6.45) is -1.22. The zero-order valence-corrected chi connectivity index (χ0v) is 18.8. The standard InChI is InChI=1S/C19H18N6O6S2/c1-24-19(21-22-23-24)33-8-11-7-32-17-12(16(28)25(17)13(11)18(29)30)20-15(27)14(31-9-26)10-5-3-2-4-6-10/h2-6,9,12,14,17H,7-8H2,1H3,(H,20,27)(H,29,30)/t12?,14-,17-/m1/s1. The fraction of sp³-hybridized carbons (Fsp3) is 0.316. The number of thioether (sulfide) groups is 2. The highest BCUT2D eigenvalue weighted by Crippen LogP contribution is 2.41. The molecule has 14 heteroatoms. The molecular weight excluding hydrogens is 472 g/mol. The molecule has 0 spiro atoms. The maximum absolute atomic E-state index is 12.8. The molecule has 1 fully saturated rings. The van der Waals surface area contributed by atoms with Crippen molar-refractivity contribution in [3.63, 3.8) is 0 Å². The first kappa shape index (κ1) is 22.8. The lowest BCUT2D eigenvalue weighted by molar-refractivity contribution is -0.154. The fourth-order valence-corrected chi connectivity index (χ4v) is 5.83. The number of fused-ring (bicyclic) bond motifs is 1. The quantitative estimate of drug-likeness (QED) is 0.276. The Morgan fingerprint density at radius 3 is 2.79 bits per heavy atom. The lowest BCUT2D eigenvalue weighted by Crippen LogP contribution is -2.71. The summed E-state index contributed by atoms with van der Waals surface area (Å²) in [5.74, 6) is -1.79. The maximum atomic E-state index is 12.8. The number of aromatic nitrogens is 4. The highest BCUT2D eigenvalue weighted by atomic mass is 32.2. The number of hydrogen-bond donors (Lipinski definition) is 2. The average molecular weight is 491 g/mol. The van der Waals surface area contributed by atoms with Crippen molar-refractivity contribution in [1.29, 1.82) is 0 Å². The van der Waals surface area contributed by atoms with E-state index in [1.807, 2.05) is 0 Å². The summed E-state index contributed by atoms with van der Waals surface area (Å²) in [7, 11) is 1.67. The summed E-state index contributed by atoms with van der Waals surface area (Å²) in [4.78, 5) is 49.7. The molecule has 1 unspecified atom stereocenters. The van der Waals surface area contributed by atoms with Gasteiger partial charge in [-0.3, -0.25) is 19.3 Å². The molecule has 1 saturated heterocycles. The summed E-state index contributed by atoms with van der Waals surface area (Å²) in [6.45, 7) is 0.170. The molecule has 0 bridgehead atoms. The molecule has 1 aromatic carbocycles. The van der Waals surface area contributed by atoms with E-state index in [4.69, 9.17) is 4.74 Å². The topological polar surface area (TPSA) is 157 Å². The van der Waals surface area contributed by atoms with Crippen molar-refractivity contribution < 1.29 is 29.0 Å². The van der Waals surface area contributed by atoms with E-state index in [1.165, 1.54) is 33.1 Å². The number of ether oxygens (including phenoxy) is 1. The van der Waals surface area contributed by atoms with Crippen LogP contribution >= 0.6 is 23.5 Å². The van der Waals surface area contributed by atoms with Crippen molar-refractivity contribution in [1.82, 2.24) is 30.4 Å². The molecule has 1 aromatic heterocycles. The van der Waals surface area contributed by atoms with Crippen LogP contribution in [0, 0.1) is 0 Å². The molecular formula is C19H18N6O6S2. The van der Waals surface area contributed by atoms with E-state index >= 15 is 0 Å². The summed E-state index contributed by atoms with van der Waals surface area (Å²) >= 11 is 2.61. The third kappa shape index (κ3) is 4.43. The predicted molar refractivity (Wildman–Crippen MR) is 116 cm³/mol. The molecule has 0 saturated carbocycles. The average Bonchev–Trinajstić information content (AvgIpc) is 3.23. The zero-order valence-electron chi connectivity index (χ0n) is 17.2. The van der Waals surface area contributed by atoms with Crippen LogP contribution < -0.4 is 5.32 Å². The smallest absolute Gasteiger partial charge is 0.352 e. The van der Waals surface area contributed by atoms with Gasteiger partial charge in [0.05, 0.1) is 0 Å². The van der Waals surface area contributed by atoms with Crippen molar-refractivity contribution in [3.8, 4) is 0 Å². The Labute approximate surface area is 195 Å². The van der Waals surface area contributed by atoms with Gasteiger partial charge in [0.1, 0.15) is 17.1 Å². The third-order valence-electron chi connectivity index (χ3n) is 5.04. The van der Waals surface area contributed by atoms with Gasteiger partial charge in [0.2, 0.25) is 11.3 Å². The highest BCUT2D eigenvalue weighted by molar-refractivity contribution is 8.01. The van der Waals surface area contributed by atoms with Gasteiger partial charge in [0, 0.05) is 24.1 Å². The summed E-state index contributed by atoms with van der Waals surface area (Å²) in [5, 5.41) is 23.4. The van der Waals surface area contributed by atoms with E-state index in [0.29, 0.717) is 27.8 Å². The highest BCUT2D eigenvalue weighted by Gasteiger charge is 2.54. The van der Waals surface area contributed by atoms with E-state index in [9.17, 15) is 24.3 Å². The van der Waals surface area contributed by atoms with Crippen LogP contribution in [0.1, 0.15) is 11.7 Å². The van der Waals surface area contributed by atoms with Crippen molar-refractivity contribution in [2.75, 3.05) is 11.5 Å². The monoisotopic (exact) mass is 490 g/mol. The Morgan fingerprint density at radius 1 is 1.39 bits per heavy atom. The Bertz CT molecular complexity index is 1120. The molecule has 2 amide bonds. The molecule has 12 nitrogen and oxygen atoms in total. The molecule has 3 heterocycles. The number of aryl methyl sites for hydroxylation is 1. The first-order valence-electron chi connectivity index (χ1n) is 9.62. The van der Waals surface area contributed by atoms with Gasteiger partial charge < -0.3 is 15.2 Å². The number of rotatable bonds is 9. The van der Waals surface area contributed by atoms with Crippen LogP contribution in [0.2, 0.25) is 0 Å². The number of carboxylic acid groups (broad SMARTS) is 1. The van der Waals surface area contributed by atoms with E-state index in [-0.39, 0.29) is 12.2 Å². The van der Waals surface area contributed by atoms with Crippen molar-refractivity contribution in [2.45, 2.75) is 22.7 Å². The number of nitrogens with zero attached hydrogens (tertiary/aromatic N) is 5.